The molecule has 3 N–H and O–H groups in total. The van der Waals surface area contributed by atoms with Crippen LogP contribution >= 0.6 is 0 Å². The van der Waals surface area contributed by atoms with Gasteiger partial charge in [0.15, 0.2) is 11.5 Å². The minimum absolute atomic E-state index is 0.0321. The second kappa shape index (κ2) is 5.16. The zero-order valence-corrected chi connectivity index (χ0v) is 10.5. The molecule has 1 aromatic carbocycles. The summed E-state index contributed by atoms with van der Waals surface area (Å²) in [4.78, 5) is 0. The lowest BCUT2D eigenvalue weighted by Gasteiger charge is -2.20. The van der Waals surface area contributed by atoms with Gasteiger partial charge in [-0.3, -0.25) is 0 Å². The van der Waals surface area contributed by atoms with Crippen molar-refractivity contribution in [1.29, 1.82) is 0 Å². The maximum absolute atomic E-state index is 6.31. The molecule has 1 fully saturated rings. The van der Waals surface area contributed by atoms with Gasteiger partial charge in [0.1, 0.15) is 0 Å². The number of hydrogen-bond donors (Lipinski definition) is 2. The second-order valence-electron chi connectivity index (χ2n) is 4.99. The van der Waals surface area contributed by atoms with E-state index in [1.165, 1.54) is 6.42 Å². The first-order valence-corrected chi connectivity index (χ1v) is 6.73. The van der Waals surface area contributed by atoms with Crippen molar-refractivity contribution in [3.63, 3.8) is 0 Å². The van der Waals surface area contributed by atoms with E-state index in [0.717, 1.165) is 43.1 Å². The molecule has 0 radical (unpaired) electrons. The number of ether oxygens (including phenoxy) is 2. The molecule has 0 aliphatic carbocycles. The summed E-state index contributed by atoms with van der Waals surface area (Å²) in [6, 6.07) is 6.48. The first-order chi connectivity index (χ1) is 8.84. The first-order valence-electron chi connectivity index (χ1n) is 6.73. The van der Waals surface area contributed by atoms with Gasteiger partial charge in [-0.2, -0.15) is 0 Å². The smallest absolute Gasteiger partial charge is 0.161 e. The normalized spacial score (nSPS) is 24.6. The fourth-order valence-corrected chi connectivity index (χ4v) is 2.64. The molecule has 0 amide bonds. The van der Waals surface area contributed by atoms with Crippen molar-refractivity contribution in [2.24, 2.45) is 5.73 Å². The molecule has 4 nitrogen and oxygen atoms in total. The van der Waals surface area contributed by atoms with Crippen LogP contribution in [0, 0.1) is 0 Å². The molecule has 0 spiro atoms. The van der Waals surface area contributed by atoms with Crippen LogP contribution in [0.2, 0.25) is 0 Å². The molecule has 18 heavy (non-hydrogen) atoms. The topological polar surface area (TPSA) is 56.5 Å². The zero-order chi connectivity index (χ0) is 12.4. The van der Waals surface area contributed by atoms with E-state index >= 15 is 0 Å². The minimum Gasteiger partial charge on any atom is -0.490 e. The highest BCUT2D eigenvalue weighted by molar-refractivity contribution is 5.44. The van der Waals surface area contributed by atoms with Crippen molar-refractivity contribution in [2.75, 3.05) is 19.8 Å². The summed E-state index contributed by atoms with van der Waals surface area (Å²) in [6.07, 6.45) is 3.29. The highest BCUT2D eigenvalue weighted by Gasteiger charge is 2.23. The van der Waals surface area contributed by atoms with Gasteiger partial charge >= 0.3 is 0 Å². The fraction of sp³-hybridized carbons (Fsp3) is 0.571. The van der Waals surface area contributed by atoms with Crippen LogP contribution in [0.15, 0.2) is 18.2 Å². The van der Waals surface area contributed by atoms with Gasteiger partial charge in [0.05, 0.1) is 13.2 Å². The maximum atomic E-state index is 6.31. The monoisotopic (exact) mass is 248 g/mol. The number of nitrogens with two attached hydrogens (primary N) is 1. The second-order valence-corrected chi connectivity index (χ2v) is 4.99. The predicted molar refractivity (Wildman–Crippen MR) is 70.0 cm³/mol. The van der Waals surface area contributed by atoms with Crippen LogP contribution in [0.25, 0.3) is 0 Å². The standard InChI is InChI=1S/C14H20N2O2/c15-14(11-3-1-6-16-11)10-4-5-12-13(9-10)18-8-2-7-17-12/h4-5,9,11,14,16H,1-3,6-8,15H2. The number of nitrogens with one attached hydrogen (secondary N) is 1. The Bertz CT molecular complexity index is 416. The zero-order valence-electron chi connectivity index (χ0n) is 10.5. The Morgan fingerprint density at radius 1 is 1.17 bits per heavy atom. The van der Waals surface area contributed by atoms with E-state index in [1.807, 2.05) is 12.1 Å². The van der Waals surface area contributed by atoms with Crippen molar-refractivity contribution in [3.8, 4) is 11.5 Å². The van der Waals surface area contributed by atoms with Crippen LogP contribution in [0.3, 0.4) is 0 Å². The molecule has 98 valence electrons. The third-order valence-corrected chi connectivity index (χ3v) is 3.69. The average molecular weight is 248 g/mol. The molecule has 0 bridgehead atoms. The summed E-state index contributed by atoms with van der Waals surface area (Å²) in [5.41, 5.74) is 7.44. The number of benzene rings is 1. The summed E-state index contributed by atoms with van der Waals surface area (Å²) < 4.78 is 11.3. The highest BCUT2D eigenvalue weighted by Crippen LogP contribution is 2.33. The van der Waals surface area contributed by atoms with Crippen molar-refractivity contribution in [3.05, 3.63) is 23.8 Å². The lowest BCUT2D eigenvalue weighted by atomic mass is 9.98. The molecule has 0 aromatic heterocycles. The van der Waals surface area contributed by atoms with Crippen molar-refractivity contribution >= 4 is 0 Å². The molecule has 1 saturated heterocycles. The van der Waals surface area contributed by atoms with Crippen LogP contribution in [0.4, 0.5) is 0 Å². The van der Waals surface area contributed by atoms with Crippen LogP contribution in [-0.4, -0.2) is 25.8 Å². The molecule has 2 aliphatic heterocycles. The summed E-state index contributed by atoms with van der Waals surface area (Å²) in [5, 5.41) is 3.45. The Morgan fingerprint density at radius 3 is 2.78 bits per heavy atom. The van der Waals surface area contributed by atoms with Crippen LogP contribution in [0.1, 0.15) is 30.9 Å². The Balaban J connectivity index is 1.82. The SMILES string of the molecule is NC(c1ccc2c(c1)OCCCO2)C1CCCN1. The lowest BCUT2D eigenvalue weighted by Crippen LogP contribution is -2.34. The summed E-state index contributed by atoms with van der Waals surface area (Å²) in [7, 11) is 0. The van der Waals surface area contributed by atoms with Gasteiger partial charge in [0, 0.05) is 18.5 Å². The maximum Gasteiger partial charge on any atom is 0.161 e. The van der Waals surface area contributed by atoms with Crippen molar-refractivity contribution in [2.45, 2.75) is 31.3 Å². The Labute approximate surface area is 107 Å². The van der Waals surface area contributed by atoms with Gasteiger partial charge in [-0.1, -0.05) is 6.07 Å². The Kier molecular flexibility index (Phi) is 3.39. The van der Waals surface area contributed by atoms with Crippen molar-refractivity contribution in [1.82, 2.24) is 5.32 Å². The van der Waals surface area contributed by atoms with Gasteiger partial charge in [0.25, 0.3) is 0 Å². The van der Waals surface area contributed by atoms with Crippen LogP contribution < -0.4 is 20.5 Å². The van der Waals surface area contributed by atoms with Crippen LogP contribution in [-0.2, 0) is 0 Å². The minimum atomic E-state index is 0.0321. The third kappa shape index (κ3) is 2.31. The molecule has 3 rings (SSSR count). The molecule has 2 aliphatic rings. The largest absolute Gasteiger partial charge is 0.490 e. The third-order valence-electron chi connectivity index (χ3n) is 3.69. The van der Waals surface area contributed by atoms with Crippen LogP contribution in [0.5, 0.6) is 11.5 Å². The molecule has 2 atom stereocenters. The first kappa shape index (κ1) is 11.8. The lowest BCUT2D eigenvalue weighted by molar-refractivity contribution is 0.297. The van der Waals surface area contributed by atoms with Gasteiger partial charge in [0.2, 0.25) is 0 Å². The number of fused-ring (bicyclic) bond motifs is 1. The van der Waals surface area contributed by atoms with E-state index in [0.29, 0.717) is 12.6 Å². The summed E-state index contributed by atoms with van der Waals surface area (Å²) in [6.45, 7) is 2.51. The molecule has 2 unspecified atom stereocenters. The molecular weight excluding hydrogens is 228 g/mol. The van der Waals surface area contributed by atoms with Gasteiger partial charge in [-0.05, 0) is 37.1 Å². The van der Waals surface area contributed by atoms with E-state index in [4.69, 9.17) is 15.2 Å². The van der Waals surface area contributed by atoms with E-state index in [-0.39, 0.29) is 6.04 Å². The highest BCUT2D eigenvalue weighted by atomic mass is 16.5. The molecule has 1 aromatic rings. The predicted octanol–water partition coefficient (Wildman–Crippen LogP) is 1.60. The van der Waals surface area contributed by atoms with Gasteiger partial charge < -0.3 is 20.5 Å². The number of hydrogen-bond acceptors (Lipinski definition) is 4. The summed E-state index contributed by atoms with van der Waals surface area (Å²) in [5.74, 6) is 1.67. The molecule has 4 heteroatoms. The fourth-order valence-electron chi connectivity index (χ4n) is 2.64. The Morgan fingerprint density at radius 2 is 2.00 bits per heavy atom. The Hall–Kier alpha value is -1.26. The quantitative estimate of drug-likeness (QED) is 0.834. The molecule has 2 heterocycles. The van der Waals surface area contributed by atoms with Gasteiger partial charge in [-0.15, -0.1) is 0 Å². The molecular formula is C14H20N2O2. The van der Waals surface area contributed by atoms with E-state index in [9.17, 15) is 0 Å². The van der Waals surface area contributed by atoms with E-state index < -0.39 is 0 Å². The van der Waals surface area contributed by atoms with E-state index in [1.54, 1.807) is 0 Å². The molecule has 0 saturated carbocycles. The number of rotatable bonds is 2. The van der Waals surface area contributed by atoms with E-state index in [2.05, 4.69) is 11.4 Å². The average Bonchev–Trinajstić information content (AvgIpc) is 2.83. The van der Waals surface area contributed by atoms with Gasteiger partial charge in [-0.25, -0.2) is 0 Å². The van der Waals surface area contributed by atoms with Crippen molar-refractivity contribution < 1.29 is 9.47 Å². The summed E-state index contributed by atoms with van der Waals surface area (Å²) >= 11 is 0.